The van der Waals surface area contributed by atoms with E-state index in [4.69, 9.17) is 5.73 Å². The van der Waals surface area contributed by atoms with Crippen molar-refractivity contribution < 1.29 is 4.39 Å². The van der Waals surface area contributed by atoms with E-state index in [1.165, 1.54) is 6.07 Å². The topological polar surface area (TPSA) is 43.8 Å². The molecule has 18 heavy (non-hydrogen) atoms. The molecule has 96 valence electrons. The summed E-state index contributed by atoms with van der Waals surface area (Å²) in [6.45, 7) is 2.38. The first-order valence-corrected chi connectivity index (χ1v) is 6.08. The fraction of sp³-hybridized carbons (Fsp3) is 0.357. The van der Waals surface area contributed by atoms with Crippen LogP contribution in [0.3, 0.4) is 0 Å². The summed E-state index contributed by atoms with van der Waals surface area (Å²) in [6, 6.07) is 6.88. The highest BCUT2D eigenvalue weighted by atomic mass is 19.1. The second kappa shape index (κ2) is 5.31. The van der Waals surface area contributed by atoms with E-state index in [1.54, 1.807) is 6.07 Å². The average molecular weight is 247 g/mol. The molecule has 0 unspecified atom stereocenters. The van der Waals surface area contributed by atoms with Gasteiger partial charge in [0.15, 0.2) is 0 Å². The van der Waals surface area contributed by atoms with Crippen LogP contribution in [-0.4, -0.2) is 9.55 Å². The van der Waals surface area contributed by atoms with Crippen LogP contribution in [-0.2, 0) is 26.4 Å². The zero-order chi connectivity index (χ0) is 13.1. The van der Waals surface area contributed by atoms with Gasteiger partial charge in [0.05, 0.1) is 5.69 Å². The summed E-state index contributed by atoms with van der Waals surface area (Å²) >= 11 is 0. The normalized spacial score (nSPS) is 10.9. The van der Waals surface area contributed by atoms with Crippen LogP contribution in [0.4, 0.5) is 4.39 Å². The molecule has 0 radical (unpaired) electrons. The van der Waals surface area contributed by atoms with Crippen molar-refractivity contribution in [1.29, 1.82) is 0 Å². The minimum absolute atomic E-state index is 0.148. The molecule has 0 saturated heterocycles. The summed E-state index contributed by atoms with van der Waals surface area (Å²) in [7, 11) is 1.97. The lowest BCUT2D eigenvalue weighted by atomic mass is 10.1. The summed E-state index contributed by atoms with van der Waals surface area (Å²) < 4.78 is 15.6. The number of nitrogens with zero attached hydrogens (tertiary/aromatic N) is 2. The van der Waals surface area contributed by atoms with Crippen LogP contribution >= 0.6 is 0 Å². The Morgan fingerprint density at radius 2 is 2.00 bits per heavy atom. The van der Waals surface area contributed by atoms with Gasteiger partial charge in [-0.05, 0) is 31.4 Å². The van der Waals surface area contributed by atoms with Gasteiger partial charge in [-0.2, -0.15) is 0 Å². The smallest absolute Gasteiger partial charge is 0.126 e. The number of aryl methyl sites for hydroxylation is 2. The quantitative estimate of drug-likeness (QED) is 0.899. The van der Waals surface area contributed by atoms with Gasteiger partial charge in [-0.3, -0.25) is 0 Å². The Kier molecular flexibility index (Phi) is 3.77. The Balaban J connectivity index is 2.18. The lowest BCUT2D eigenvalue weighted by Crippen LogP contribution is -2.06. The standard InChI is InChI=1S/C14H18FN3/c1-10-17-13(9-16)14(18(10)2)8-7-11-5-3-4-6-12(11)15/h3-6H,7-9,16H2,1-2H3. The highest BCUT2D eigenvalue weighted by Crippen LogP contribution is 2.15. The lowest BCUT2D eigenvalue weighted by Gasteiger charge is -2.07. The molecule has 0 aliphatic heterocycles. The maximum absolute atomic E-state index is 13.5. The molecule has 2 aromatic rings. The van der Waals surface area contributed by atoms with E-state index >= 15 is 0 Å². The zero-order valence-corrected chi connectivity index (χ0v) is 10.8. The van der Waals surface area contributed by atoms with Crippen molar-refractivity contribution in [2.45, 2.75) is 26.3 Å². The summed E-state index contributed by atoms with van der Waals surface area (Å²) in [5, 5.41) is 0. The van der Waals surface area contributed by atoms with E-state index in [0.717, 1.165) is 29.2 Å². The van der Waals surface area contributed by atoms with Gasteiger partial charge >= 0.3 is 0 Å². The number of aromatic nitrogens is 2. The van der Waals surface area contributed by atoms with Crippen LogP contribution in [0.25, 0.3) is 0 Å². The van der Waals surface area contributed by atoms with Gasteiger partial charge in [0.2, 0.25) is 0 Å². The van der Waals surface area contributed by atoms with Gasteiger partial charge in [0, 0.05) is 19.3 Å². The van der Waals surface area contributed by atoms with Crippen molar-refractivity contribution >= 4 is 0 Å². The Morgan fingerprint density at radius 1 is 1.28 bits per heavy atom. The molecule has 0 bridgehead atoms. The third kappa shape index (κ3) is 2.43. The summed E-state index contributed by atoms with van der Waals surface area (Å²) in [5.41, 5.74) is 8.42. The first-order valence-electron chi connectivity index (χ1n) is 6.08. The number of rotatable bonds is 4. The van der Waals surface area contributed by atoms with Gasteiger partial charge < -0.3 is 10.3 Å². The van der Waals surface area contributed by atoms with Crippen LogP contribution in [0.5, 0.6) is 0 Å². The molecular formula is C14H18FN3. The fourth-order valence-electron chi connectivity index (χ4n) is 2.15. The average Bonchev–Trinajstić information content (AvgIpc) is 2.65. The van der Waals surface area contributed by atoms with E-state index in [0.29, 0.717) is 13.0 Å². The molecule has 0 atom stereocenters. The molecule has 0 aliphatic rings. The largest absolute Gasteiger partial charge is 0.335 e. The van der Waals surface area contributed by atoms with Gasteiger partial charge in [-0.25, -0.2) is 9.37 Å². The minimum Gasteiger partial charge on any atom is -0.335 e. The van der Waals surface area contributed by atoms with Crippen LogP contribution in [0.15, 0.2) is 24.3 Å². The van der Waals surface area contributed by atoms with Crippen molar-refractivity contribution in [2.24, 2.45) is 12.8 Å². The molecule has 3 nitrogen and oxygen atoms in total. The highest BCUT2D eigenvalue weighted by Gasteiger charge is 2.11. The predicted octanol–water partition coefficient (Wildman–Crippen LogP) is 2.11. The number of benzene rings is 1. The molecule has 4 heteroatoms. The van der Waals surface area contributed by atoms with Crippen LogP contribution < -0.4 is 5.73 Å². The Hall–Kier alpha value is -1.68. The van der Waals surface area contributed by atoms with Crippen LogP contribution in [0.1, 0.15) is 22.8 Å². The van der Waals surface area contributed by atoms with E-state index < -0.39 is 0 Å². The van der Waals surface area contributed by atoms with Crippen LogP contribution in [0.2, 0.25) is 0 Å². The maximum atomic E-state index is 13.5. The number of hydrogen-bond donors (Lipinski definition) is 1. The first-order chi connectivity index (χ1) is 8.63. The third-order valence-electron chi connectivity index (χ3n) is 3.30. The minimum atomic E-state index is -0.148. The predicted molar refractivity (Wildman–Crippen MR) is 69.6 cm³/mol. The molecule has 0 fully saturated rings. The maximum Gasteiger partial charge on any atom is 0.126 e. The van der Waals surface area contributed by atoms with Gasteiger partial charge in [0.25, 0.3) is 0 Å². The van der Waals surface area contributed by atoms with Gasteiger partial charge in [0.1, 0.15) is 11.6 Å². The lowest BCUT2D eigenvalue weighted by molar-refractivity contribution is 0.606. The molecule has 1 aromatic carbocycles. The van der Waals surface area contributed by atoms with Gasteiger partial charge in [-0.1, -0.05) is 18.2 Å². The molecular weight excluding hydrogens is 229 g/mol. The Morgan fingerprint density at radius 3 is 2.67 bits per heavy atom. The van der Waals surface area contributed by atoms with Crippen molar-refractivity contribution in [2.75, 3.05) is 0 Å². The number of hydrogen-bond acceptors (Lipinski definition) is 2. The van der Waals surface area contributed by atoms with Crippen molar-refractivity contribution in [1.82, 2.24) is 9.55 Å². The summed E-state index contributed by atoms with van der Waals surface area (Å²) in [5.74, 6) is 0.796. The zero-order valence-electron chi connectivity index (χ0n) is 10.8. The molecule has 1 heterocycles. The van der Waals surface area contributed by atoms with Crippen molar-refractivity contribution in [3.05, 3.63) is 52.9 Å². The molecule has 2 N–H and O–H groups in total. The highest BCUT2D eigenvalue weighted by molar-refractivity contribution is 5.22. The van der Waals surface area contributed by atoms with E-state index in [-0.39, 0.29) is 5.82 Å². The SMILES string of the molecule is Cc1nc(CN)c(CCc2ccccc2F)n1C. The summed E-state index contributed by atoms with van der Waals surface area (Å²) in [4.78, 5) is 4.41. The number of imidazole rings is 1. The molecule has 0 saturated carbocycles. The number of halogens is 1. The van der Waals surface area contributed by atoms with Gasteiger partial charge in [-0.15, -0.1) is 0 Å². The molecule has 0 amide bonds. The van der Waals surface area contributed by atoms with Crippen molar-refractivity contribution in [3.63, 3.8) is 0 Å². The van der Waals surface area contributed by atoms with Crippen LogP contribution in [0, 0.1) is 12.7 Å². The Bertz CT molecular complexity index is 546. The van der Waals surface area contributed by atoms with E-state index in [1.807, 2.05) is 30.7 Å². The third-order valence-corrected chi connectivity index (χ3v) is 3.30. The van der Waals surface area contributed by atoms with Crippen molar-refractivity contribution in [3.8, 4) is 0 Å². The molecule has 2 rings (SSSR count). The fourth-order valence-corrected chi connectivity index (χ4v) is 2.15. The second-order valence-corrected chi connectivity index (χ2v) is 4.41. The Labute approximate surface area is 106 Å². The molecule has 0 aliphatic carbocycles. The molecule has 1 aromatic heterocycles. The summed E-state index contributed by atoms with van der Waals surface area (Å²) in [6.07, 6.45) is 1.42. The molecule has 0 spiro atoms. The monoisotopic (exact) mass is 247 g/mol. The number of nitrogens with two attached hydrogens (primary N) is 1. The second-order valence-electron chi connectivity index (χ2n) is 4.41. The first kappa shape index (κ1) is 12.8. The van der Waals surface area contributed by atoms with E-state index in [2.05, 4.69) is 4.98 Å². The van der Waals surface area contributed by atoms with E-state index in [9.17, 15) is 4.39 Å².